The van der Waals surface area contributed by atoms with Crippen molar-refractivity contribution in [3.8, 4) is 0 Å². The molecular formula is C9H6Cl2F4O. The highest BCUT2D eigenvalue weighted by atomic mass is 35.5. The van der Waals surface area contributed by atoms with E-state index in [1.54, 1.807) is 0 Å². The van der Waals surface area contributed by atoms with Crippen molar-refractivity contribution >= 4 is 23.2 Å². The SMILES string of the molecule is OC(c1ccc(Cl)c(Cl)c1)C(F)(F)C(F)F. The zero-order valence-electron chi connectivity index (χ0n) is 7.60. The second-order valence-electron chi connectivity index (χ2n) is 3.05. The van der Waals surface area contributed by atoms with Crippen molar-refractivity contribution in [3.63, 3.8) is 0 Å². The number of halogens is 6. The molecule has 0 fully saturated rings. The van der Waals surface area contributed by atoms with E-state index in [1.165, 1.54) is 0 Å². The third-order valence-corrected chi connectivity index (χ3v) is 2.65. The molecule has 0 aliphatic rings. The van der Waals surface area contributed by atoms with E-state index in [-0.39, 0.29) is 10.0 Å². The van der Waals surface area contributed by atoms with Crippen molar-refractivity contribution in [2.45, 2.75) is 18.5 Å². The largest absolute Gasteiger partial charge is 0.382 e. The maximum atomic E-state index is 12.8. The predicted molar refractivity (Wildman–Crippen MR) is 52.4 cm³/mol. The molecule has 0 heterocycles. The third-order valence-electron chi connectivity index (χ3n) is 1.91. The van der Waals surface area contributed by atoms with E-state index in [1.807, 2.05) is 0 Å². The Morgan fingerprint density at radius 1 is 1.12 bits per heavy atom. The van der Waals surface area contributed by atoms with E-state index in [9.17, 15) is 17.6 Å². The van der Waals surface area contributed by atoms with Gasteiger partial charge in [0, 0.05) is 0 Å². The molecule has 16 heavy (non-hydrogen) atoms. The normalized spacial score (nSPS) is 14.2. The molecule has 0 aromatic heterocycles. The van der Waals surface area contributed by atoms with Crippen molar-refractivity contribution in [2.24, 2.45) is 0 Å². The maximum Gasteiger partial charge on any atom is 0.336 e. The fourth-order valence-corrected chi connectivity index (χ4v) is 1.33. The zero-order valence-corrected chi connectivity index (χ0v) is 9.11. The summed E-state index contributed by atoms with van der Waals surface area (Å²) in [7, 11) is 0. The summed E-state index contributed by atoms with van der Waals surface area (Å²) in [6, 6.07) is 3.07. The van der Waals surface area contributed by atoms with Gasteiger partial charge in [0.05, 0.1) is 10.0 Å². The van der Waals surface area contributed by atoms with E-state index >= 15 is 0 Å². The Morgan fingerprint density at radius 3 is 2.12 bits per heavy atom. The Kier molecular flexibility index (Phi) is 4.04. The van der Waals surface area contributed by atoms with Crippen LogP contribution in [0.2, 0.25) is 10.0 Å². The lowest BCUT2D eigenvalue weighted by molar-refractivity contribution is -0.193. The molecule has 0 bridgehead atoms. The van der Waals surface area contributed by atoms with Gasteiger partial charge in [-0.1, -0.05) is 29.3 Å². The number of aliphatic hydroxyl groups is 1. The van der Waals surface area contributed by atoms with E-state index in [2.05, 4.69) is 0 Å². The summed E-state index contributed by atoms with van der Waals surface area (Å²) < 4.78 is 49.5. The number of aliphatic hydroxyl groups excluding tert-OH is 1. The van der Waals surface area contributed by atoms with Crippen LogP contribution in [0.5, 0.6) is 0 Å². The van der Waals surface area contributed by atoms with Crippen molar-refractivity contribution in [2.75, 3.05) is 0 Å². The van der Waals surface area contributed by atoms with Gasteiger partial charge in [-0.2, -0.15) is 8.78 Å². The van der Waals surface area contributed by atoms with Crippen LogP contribution in [0.4, 0.5) is 17.6 Å². The van der Waals surface area contributed by atoms with Gasteiger partial charge in [0.1, 0.15) is 6.10 Å². The molecule has 0 saturated carbocycles. The highest BCUT2D eigenvalue weighted by Crippen LogP contribution is 2.38. The molecule has 0 aliphatic heterocycles. The van der Waals surface area contributed by atoms with Gasteiger partial charge in [-0.15, -0.1) is 0 Å². The van der Waals surface area contributed by atoms with Crippen molar-refractivity contribution in [1.29, 1.82) is 0 Å². The molecule has 1 aromatic rings. The number of hydrogen-bond acceptors (Lipinski definition) is 1. The molecule has 0 spiro atoms. The lowest BCUT2D eigenvalue weighted by Gasteiger charge is -2.22. The molecule has 0 saturated heterocycles. The number of rotatable bonds is 3. The first-order valence-electron chi connectivity index (χ1n) is 4.05. The summed E-state index contributed by atoms with van der Waals surface area (Å²) in [5.74, 6) is -4.53. The molecule has 7 heteroatoms. The van der Waals surface area contributed by atoms with Gasteiger partial charge >= 0.3 is 12.3 Å². The summed E-state index contributed by atoms with van der Waals surface area (Å²) in [5, 5.41) is 9.09. The smallest absolute Gasteiger partial charge is 0.336 e. The fraction of sp³-hybridized carbons (Fsp3) is 0.333. The number of benzene rings is 1. The monoisotopic (exact) mass is 276 g/mol. The first-order valence-corrected chi connectivity index (χ1v) is 4.81. The molecule has 1 rings (SSSR count). The van der Waals surface area contributed by atoms with Crippen LogP contribution in [0.3, 0.4) is 0 Å². The zero-order chi connectivity index (χ0) is 12.5. The van der Waals surface area contributed by atoms with E-state index in [4.69, 9.17) is 28.3 Å². The Hall–Kier alpha value is -0.520. The topological polar surface area (TPSA) is 20.2 Å². The fourth-order valence-electron chi connectivity index (χ4n) is 1.02. The van der Waals surface area contributed by atoms with E-state index in [0.717, 1.165) is 18.2 Å². The second kappa shape index (κ2) is 4.77. The molecule has 0 amide bonds. The van der Waals surface area contributed by atoms with Crippen LogP contribution in [-0.2, 0) is 0 Å². The molecule has 1 atom stereocenters. The molecular weight excluding hydrogens is 271 g/mol. The summed E-state index contributed by atoms with van der Waals surface area (Å²) in [6.07, 6.45) is -6.58. The van der Waals surface area contributed by atoms with Gasteiger partial charge in [-0.3, -0.25) is 0 Å². The molecule has 1 unspecified atom stereocenters. The molecule has 1 nitrogen and oxygen atoms in total. The average Bonchev–Trinajstić information content (AvgIpc) is 2.20. The predicted octanol–water partition coefficient (Wildman–Crippen LogP) is 3.93. The molecule has 0 aliphatic carbocycles. The van der Waals surface area contributed by atoms with Crippen molar-refractivity contribution < 1.29 is 22.7 Å². The minimum Gasteiger partial charge on any atom is -0.382 e. The Morgan fingerprint density at radius 2 is 1.69 bits per heavy atom. The second-order valence-corrected chi connectivity index (χ2v) is 3.87. The highest BCUT2D eigenvalue weighted by molar-refractivity contribution is 6.42. The standard InChI is InChI=1S/C9H6Cl2F4O/c10-5-2-1-4(3-6(5)11)7(16)9(14,15)8(12)13/h1-3,7-8,16H. The molecule has 0 radical (unpaired) electrons. The van der Waals surface area contributed by atoms with Crippen molar-refractivity contribution in [3.05, 3.63) is 33.8 Å². The quantitative estimate of drug-likeness (QED) is 0.830. The van der Waals surface area contributed by atoms with Crippen molar-refractivity contribution in [1.82, 2.24) is 0 Å². The summed E-state index contributed by atoms with van der Waals surface area (Å²) in [4.78, 5) is 0. The lowest BCUT2D eigenvalue weighted by Crippen LogP contribution is -2.34. The molecule has 1 N–H and O–H groups in total. The van der Waals surface area contributed by atoms with Crippen LogP contribution < -0.4 is 0 Å². The highest BCUT2D eigenvalue weighted by Gasteiger charge is 2.48. The van der Waals surface area contributed by atoms with Gasteiger partial charge in [0.25, 0.3) is 0 Å². The van der Waals surface area contributed by atoms with Gasteiger partial charge in [0.2, 0.25) is 0 Å². The maximum absolute atomic E-state index is 12.8. The molecule has 90 valence electrons. The third kappa shape index (κ3) is 2.59. The summed E-state index contributed by atoms with van der Waals surface area (Å²) >= 11 is 11.0. The van der Waals surface area contributed by atoms with Gasteiger partial charge in [0.15, 0.2) is 0 Å². The van der Waals surface area contributed by atoms with Crippen LogP contribution in [-0.4, -0.2) is 17.5 Å². The van der Waals surface area contributed by atoms with Gasteiger partial charge in [-0.05, 0) is 17.7 Å². The average molecular weight is 277 g/mol. The van der Waals surface area contributed by atoms with Crippen LogP contribution in [0.1, 0.15) is 11.7 Å². The van der Waals surface area contributed by atoms with Gasteiger partial charge in [-0.25, -0.2) is 8.78 Å². The van der Waals surface area contributed by atoms with Crippen LogP contribution in [0.25, 0.3) is 0 Å². The summed E-state index contributed by atoms with van der Waals surface area (Å²) in [5.41, 5.74) is -0.417. The first kappa shape index (κ1) is 13.5. The van der Waals surface area contributed by atoms with E-state index in [0.29, 0.717) is 0 Å². The first-order chi connectivity index (χ1) is 7.26. The van der Waals surface area contributed by atoms with Crippen LogP contribution in [0.15, 0.2) is 18.2 Å². The van der Waals surface area contributed by atoms with Gasteiger partial charge < -0.3 is 5.11 Å². The number of hydrogen-bond donors (Lipinski definition) is 1. The number of alkyl halides is 4. The lowest BCUT2D eigenvalue weighted by atomic mass is 10.0. The van der Waals surface area contributed by atoms with Crippen LogP contribution in [0, 0.1) is 0 Å². The Labute approximate surface area is 98.6 Å². The minimum absolute atomic E-state index is 0.0815. The minimum atomic E-state index is -4.53. The van der Waals surface area contributed by atoms with Crippen LogP contribution >= 0.6 is 23.2 Å². The molecule has 1 aromatic carbocycles. The Bertz CT molecular complexity index is 384. The summed E-state index contributed by atoms with van der Waals surface area (Å²) in [6.45, 7) is 0. The van der Waals surface area contributed by atoms with E-state index < -0.39 is 24.0 Å². The Balaban J connectivity index is 3.05.